The van der Waals surface area contributed by atoms with E-state index < -0.39 is 97.5 Å². The van der Waals surface area contributed by atoms with Gasteiger partial charge in [-0.25, -0.2) is 9.13 Å². The maximum atomic E-state index is 13.1. The van der Waals surface area contributed by atoms with Gasteiger partial charge in [0, 0.05) is 25.7 Å². The minimum atomic E-state index is -4.96. The predicted molar refractivity (Wildman–Crippen MR) is 386 cm³/mol. The Hall–Kier alpha value is -1.94. The smallest absolute Gasteiger partial charge is 0.462 e. The third kappa shape index (κ3) is 70.3. The molecule has 0 bridgehead atoms. The molecular weight excluding hydrogens is 1250 g/mol. The van der Waals surface area contributed by atoms with Gasteiger partial charge in [0.1, 0.15) is 19.3 Å². The highest BCUT2D eigenvalue weighted by Crippen LogP contribution is 2.45. The average molecular weight is 1400 g/mol. The highest BCUT2D eigenvalue weighted by atomic mass is 31.2. The predicted octanol–water partition coefficient (Wildman–Crippen LogP) is 22.0. The fourth-order valence-corrected chi connectivity index (χ4v) is 13.1. The normalized spacial score (nSPS) is 14.1. The molecule has 0 aromatic rings. The Balaban J connectivity index is 5.22. The second kappa shape index (κ2) is 65.4. The van der Waals surface area contributed by atoms with E-state index in [9.17, 15) is 43.2 Å². The molecule has 5 atom stereocenters. The molecule has 0 aliphatic carbocycles. The summed E-state index contributed by atoms with van der Waals surface area (Å²) in [4.78, 5) is 72.8. The highest BCUT2D eigenvalue weighted by Gasteiger charge is 2.30. The molecule has 0 amide bonds. The van der Waals surface area contributed by atoms with Crippen LogP contribution in [0.15, 0.2) is 0 Å². The van der Waals surface area contributed by atoms with Crippen molar-refractivity contribution in [3.8, 4) is 0 Å². The lowest BCUT2D eigenvalue weighted by molar-refractivity contribution is -0.161. The monoisotopic (exact) mass is 1400 g/mol. The zero-order valence-corrected chi connectivity index (χ0v) is 64.1. The summed E-state index contributed by atoms with van der Waals surface area (Å²) in [5.74, 6) is 0.899. The number of aliphatic hydroxyl groups is 1. The Morgan fingerprint density at radius 1 is 0.263 bits per heavy atom. The number of hydrogen-bond acceptors (Lipinski definition) is 15. The van der Waals surface area contributed by atoms with Crippen molar-refractivity contribution in [1.29, 1.82) is 0 Å². The molecule has 0 fully saturated rings. The molecule has 0 spiro atoms. The van der Waals surface area contributed by atoms with Gasteiger partial charge in [-0.05, 0) is 49.4 Å². The first-order valence-electron chi connectivity index (χ1n) is 39.2. The maximum absolute atomic E-state index is 13.1. The number of esters is 4. The molecule has 19 heteroatoms. The van der Waals surface area contributed by atoms with Crippen molar-refractivity contribution in [3.63, 3.8) is 0 Å². The van der Waals surface area contributed by atoms with Crippen LogP contribution in [0.1, 0.15) is 383 Å². The second-order valence-corrected chi connectivity index (χ2v) is 32.2. The summed E-state index contributed by atoms with van der Waals surface area (Å²) in [6.45, 7) is 14.2. The van der Waals surface area contributed by atoms with Crippen molar-refractivity contribution >= 4 is 39.5 Å². The van der Waals surface area contributed by atoms with E-state index in [-0.39, 0.29) is 25.7 Å². The van der Waals surface area contributed by atoms with Crippen LogP contribution in [-0.4, -0.2) is 96.7 Å². The zero-order chi connectivity index (χ0) is 70.3. The molecule has 0 saturated carbocycles. The standard InChI is InChI=1S/C76H148O17P2/c1-66(2)52-44-36-28-21-15-13-11-9-10-12-14-16-24-32-40-48-56-73(78)86-62-71(92-75(80)58-50-42-33-25-19-17-22-29-37-45-53-67(3)4)64-90-94(82,83)88-60-70(77)61-89-95(84,85)91-65-72(63-87-74(79)57-49-41-35-27-31-39-47-55-69(7)8)93-76(81)59-51-43-34-26-20-18-23-30-38-46-54-68(5)6/h66-72,77H,9-65H2,1-8H3,(H,82,83)(H,84,85)/t70?,71-,72-/m1/s1. The van der Waals surface area contributed by atoms with E-state index in [4.69, 9.17) is 37.0 Å². The Morgan fingerprint density at radius 3 is 0.653 bits per heavy atom. The SMILES string of the molecule is CC(C)CCCCCCCCCCCCCCCCCCC(=O)OC[C@H](COP(=O)(O)OCC(O)COP(=O)(O)OC[C@@H](COC(=O)CCCCCCCCCC(C)C)OC(=O)CCCCCCCCCCCCC(C)C)OC(=O)CCCCCCCCCCCCC(C)C. The lowest BCUT2D eigenvalue weighted by Crippen LogP contribution is -2.30. The van der Waals surface area contributed by atoms with Gasteiger partial charge in [0.15, 0.2) is 12.2 Å². The van der Waals surface area contributed by atoms with Crippen LogP contribution in [0.25, 0.3) is 0 Å². The number of carbonyl (C=O) groups is 4. The molecule has 95 heavy (non-hydrogen) atoms. The van der Waals surface area contributed by atoms with E-state index >= 15 is 0 Å². The van der Waals surface area contributed by atoms with Crippen LogP contribution in [0.3, 0.4) is 0 Å². The van der Waals surface area contributed by atoms with Gasteiger partial charge in [-0.1, -0.05) is 331 Å². The van der Waals surface area contributed by atoms with Crippen LogP contribution in [0, 0.1) is 23.7 Å². The van der Waals surface area contributed by atoms with Gasteiger partial charge in [-0.3, -0.25) is 37.3 Å². The van der Waals surface area contributed by atoms with E-state index in [1.165, 1.54) is 180 Å². The summed E-state index contributed by atoms with van der Waals surface area (Å²) < 4.78 is 68.5. The lowest BCUT2D eigenvalue weighted by Gasteiger charge is -2.21. The molecule has 0 aliphatic rings. The number of aliphatic hydroxyl groups excluding tert-OH is 1. The minimum Gasteiger partial charge on any atom is -0.462 e. The Kier molecular flexibility index (Phi) is 64.0. The van der Waals surface area contributed by atoms with Crippen molar-refractivity contribution in [2.24, 2.45) is 23.7 Å². The summed E-state index contributed by atoms with van der Waals surface area (Å²) >= 11 is 0. The first-order valence-corrected chi connectivity index (χ1v) is 42.2. The van der Waals surface area contributed by atoms with Crippen LogP contribution in [0.2, 0.25) is 0 Å². The Labute approximate surface area is 581 Å². The van der Waals surface area contributed by atoms with Gasteiger partial charge >= 0.3 is 39.5 Å². The van der Waals surface area contributed by atoms with E-state index in [1.54, 1.807) is 0 Å². The Morgan fingerprint density at radius 2 is 0.442 bits per heavy atom. The van der Waals surface area contributed by atoms with Gasteiger partial charge in [0.05, 0.1) is 26.4 Å². The minimum absolute atomic E-state index is 0.105. The largest absolute Gasteiger partial charge is 0.472 e. The van der Waals surface area contributed by atoms with E-state index in [0.29, 0.717) is 31.6 Å². The summed E-state index contributed by atoms with van der Waals surface area (Å²) in [5.41, 5.74) is 0. The molecule has 0 radical (unpaired) electrons. The van der Waals surface area contributed by atoms with Crippen molar-refractivity contribution in [2.75, 3.05) is 39.6 Å². The van der Waals surface area contributed by atoms with Crippen LogP contribution in [-0.2, 0) is 65.4 Å². The molecule has 0 aromatic carbocycles. The molecular formula is C76H148O17P2. The van der Waals surface area contributed by atoms with E-state index in [0.717, 1.165) is 114 Å². The van der Waals surface area contributed by atoms with Gasteiger partial charge < -0.3 is 33.8 Å². The average Bonchev–Trinajstić information content (AvgIpc) is 3.65. The molecule has 0 aliphatic heterocycles. The van der Waals surface area contributed by atoms with Crippen molar-refractivity contribution in [3.05, 3.63) is 0 Å². The highest BCUT2D eigenvalue weighted by molar-refractivity contribution is 7.47. The summed E-state index contributed by atoms with van der Waals surface area (Å²) in [5, 5.41) is 10.6. The van der Waals surface area contributed by atoms with Gasteiger partial charge in [-0.2, -0.15) is 0 Å². The second-order valence-electron chi connectivity index (χ2n) is 29.3. The molecule has 564 valence electrons. The van der Waals surface area contributed by atoms with Crippen molar-refractivity contribution < 1.29 is 80.2 Å². The molecule has 0 saturated heterocycles. The fourth-order valence-electron chi connectivity index (χ4n) is 11.6. The van der Waals surface area contributed by atoms with Gasteiger partial charge in [0.2, 0.25) is 0 Å². The number of phosphoric ester groups is 2. The number of hydrogen-bond donors (Lipinski definition) is 3. The maximum Gasteiger partial charge on any atom is 0.472 e. The zero-order valence-electron chi connectivity index (χ0n) is 62.3. The van der Waals surface area contributed by atoms with Crippen LogP contribution in [0.4, 0.5) is 0 Å². The summed E-state index contributed by atoms with van der Waals surface area (Å²) in [6.07, 6.45) is 50.1. The third-order valence-electron chi connectivity index (χ3n) is 17.6. The summed E-state index contributed by atoms with van der Waals surface area (Å²) in [6, 6.07) is 0. The molecule has 17 nitrogen and oxygen atoms in total. The molecule has 3 unspecified atom stereocenters. The number of rotatable bonds is 73. The van der Waals surface area contributed by atoms with E-state index in [1.807, 2.05) is 0 Å². The summed E-state index contributed by atoms with van der Waals surface area (Å²) in [7, 11) is -9.91. The van der Waals surface area contributed by atoms with Crippen molar-refractivity contribution in [2.45, 2.75) is 401 Å². The lowest BCUT2D eigenvalue weighted by atomic mass is 10.0. The molecule has 0 rings (SSSR count). The Bertz CT molecular complexity index is 1870. The van der Waals surface area contributed by atoms with E-state index in [2.05, 4.69) is 55.4 Å². The number of carbonyl (C=O) groups excluding carboxylic acids is 4. The fraction of sp³-hybridized carbons (Fsp3) is 0.947. The van der Waals surface area contributed by atoms with Gasteiger partial charge in [0.25, 0.3) is 0 Å². The molecule has 0 heterocycles. The van der Waals surface area contributed by atoms with Crippen LogP contribution >= 0.6 is 15.6 Å². The van der Waals surface area contributed by atoms with Crippen molar-refractivity contribution in [1.82, 2.24) is 0 Å². The van der Waals surface area contributed by atoms with Crippen LogP contribution in [0.5, 0.6) is 0 Å². The first kappa shape index (κ1) is 93.1. The topological polar surface area (TPSA) is 237 Å². The van der Waals surface area contributed by atoms with Crippen LogP contribution < -0.4 is 0 Å². The number of ether oxygens (including phenoxy) is 4. The molecule has 3 N–H and O–H groups in total. The number of phosphoric acid groups is 2. The third-order valence-corrected chi connectivity index (χ3v) is 19.5. The first-order chi connectivity index (χ1) is 45.6. The quantitative estimate of drug-likeness (QED) is 0.0222. The van der Waals surface area contributed by atoms with Gasteiger partial charge in [-0.15, -0.1) is 0 Å². The number of unbranched alkanes of at least 4 members (excludes halogenated alkanes) is 39. The molecule has 0 aromatic heterocycles.